The van der Waals surface area contributed by atoms with E-state index in [0.717, 1.165) is 29.2 Å². The molecule has 1 aromatic rings. The Hall–Kier alpha value is -0.730. The normalized spacial score (nSPS) is 31.1. The van der Waals surface area contributed by atoms with Gasteiger partial charge in [0.1, 0.15) is 11.9 Å². The van der Waals surface area contributed by atoms with Crippen molar-refractivity contribution in [2.75, 3.05) is 0 Å². The molecule has 2 aliphatic rings. The highest BCUT2D eigenvalue weighted by molar-refractivity contribution is 6.31. The van der Waals surface area contributed by atoms with E-state index in [4.69, 9.17) is 16.3 Å². The van der Waals surface area contributed by atoms with Crippen molar-refractivity contribution in [1.29, 1.82) is 0 Å². The summed E-state index contributed by atoms with van der Waals surface area (Å²) >= 11 is 6.04. The zero-order chi connectivity index (χ0) is 12.5. The van der Waals surface area contributed by atoms with Gasteiger partial charge in [-0.2, -0.15) is 0 Å². The summed E-state index contributed by atoms with van der Waals surface area (Å²) in [4.78, 5) is 0. The minimum atomic E-state index is 0.363. The van der Waals surface area contributed by atoms with Gasteiger partial charge in [-0.15, -0.1) is 0 Å². The Labute approximate surface area is 114 Å². The number of benzene rings is 1. The standard InChI is InChI=1S/C15H20ClNO/c1-10-7-13(5-6-15(10)16)18-14-8-11-3-2-4-12(9-14)17-11/h5-7,11-12,14,17H,2-4,8-9H2,1H3/t11-,12+,14+. The lowest BCUT2D eigenvalue weighted by atomic mass is 9.85. The molecule has 1 N–H and O–H groups in total. The van der Waals surface area contributed by atoms with Crippen LogP contribution < -0.4 is 10.1 Å². The molecule has 3 atom stereocenters. The van der Waals surface area contributed by atoms with E-state index in [2.05, 4.69) is 5.32 Å². The predicted octanol–water partition coefficient (Wildman–Crippen LogP) is 3.70. The quantitative estimate of drug-likeness (QED) is 0.880. The van der Waals surface area contributed by atoms with E-state index >= 15 is 0 Å². The molecular formula is C15H20ClNO. The third-order valence-electron chi connectivity index (χ3n) is 4.10. The van der Waals surface area contributed by atoms with Crippen LogP contribution in [-0.2, 0) is 0 Å². The second-order valence-electron chi connectivity index (χ2n) is 5.61. The topological polar surface area (TPSA) is 21.3 Å². The van der Waals surface area contributed by atoms with Crippen molar-refractivity contribution < 1.29 is 4.74 Å². The molecule has 2 fully saturated rings. The van der Waals surface area contributed by atoms with Crippen LogP contribution in [0.2, 0.25) is 5.02 Å². The molecule has 0 amide bonds. The molecule has 2 heterocycles. The van der Waals surface area contributed by atoms with Gasteiger partial charge in [0.25, 0.3) is 0 Å². The van der Waals surface area contributed by atoms with Crippen molar-refractivity contribution >= 4 is 11.6 Å². The highest BCUT2D eigenvalue weighted by Crippen LogP contribution is 2.29. The smallest absolute Gasteiger partial charge is 0.120 e. The molecule has 0 aromatic heterocycles. The lowest BCUT2D eigenvalue weighted by molar-refractivity contribution is 0.0927. The van der Waals surface area contributed by atoms with Crippen LogP contribution in [0, 0.1) is 6.92 Å². The van der Waals surface area contributed by atoms with Crippen LogP contribution in [0.4, 0.5) is 0 Å². The van der Waals surface area contributed by atoms with Crippen molar-refractivity contribution in [3.05, 3.63) is 28.8 Å². The van der Waals surface area contributed by atoms with E-state index in [1.807, 2.05) is 25.1 Å². The predicted molar refractivity (Wildman–Crippen MR) is 74.4 cm³/mol. The van der Waals surface area contributed by atoms with Crippen molar-refractivity contribution in [1.82, 2.24) is 5.32 Å². The molecule has 1 aromatic carbocycles. The lowest BCUT2D eigenvalue weighted by Crippen LogP contribution is -2.51. The van der Waals surface area contributed by atoms with Gasteiger partial charge >= 0.3 is 0 Å². The van der Waals surface area contributed by atoms with E-state index < -0.39 is 0 Å². The molecule has 3 heteroatoms. The summed E-state index contributed by atoms with van der Waals surface area (Å²) < 4.78 is 6.13. The number of hydrogen-bond donors (Lipinski definition) is 1. The van der Waals surface area contributed by atoms with Gasteiger partial charge in [0.2, 0.25) is 0 Å². The average molecular weight is 266 g/mol. The third kappa shape index (κ3) is 2.65. The fourth-order valence-electron chi connectivity index (χ4n) is 3.19. The van der Waals surface area contributed by atoms with Crippen LogP contribution in [-0.4, -0.2) is 18.2 Å². The maximum absolute atomic E-state index is 6.13. The van der Waals surface area contributed by atoms with Crippen LogP contribution in [0.15, 0.2) is 18.2 Å². The number of nitrogens with one attached hydrogen (secondary N) is 1. The molecule has 18 heavy (non-hydrogen) atoms. The molecule has 2 saturated heterocycles. The second-order valence-corrected chi connectivity index (χ2v) is 6.02. The molecule has 0 spiro atoms. The Balaban J connectivity index is 1.67. The number of ether oxygens (including phenoxy) is 1. The van der Waals surface area contributed by atoms with Crippen molar-refractivity contribution in [2.24, 2.45) is 0 Å². The van der Waals surface area contributed by atoms with Crippen molar-refractivity contribution in [2.45, 2.75) is 57.2 Å². The molecule has 98 valence electrons. The van der Waals surface area contributed by atoms with E-state index in [-0.39, 0.29) is 0 Å². The summed E-state index contributed by atoms with van der Waals surface area (Å²) in [5.74, 6) is 0.960. The third-order valence-corrected chi connectivity index (χ3v) is 4.53. The van der Waals surface area contributed by atoms with Crippen LogP contribution in [0.5, 0.6) is 5.75 Å². The molecular weight excluding hydrogens is 246 g/mol. The van der Waals surface area contributed by atoms with E-state index in [0.29, 0.717) is 18.2 Å². The van der Waals surface area contributed by atoms with Gasteiger partial charge in [0.05, 0.1) is 0 Å². The Bertz CT molecular complexity index is 423. The highest BCUT2D eigenvalue weighted by Gasteiger charge is 2.32. The minimum Gasteiger partial charge on any atom is -0.490 e. The van der Waals surface area contributed by atoms with Crippen LogP contribution in [0.1, 0.15) is 37.7 Å². The summed E-state index contributed by atoms with van der Waals surface area (Å²) in [7, 11) is 0. The first-order chi connectivity index (χ1) is 8.70. The van der Waals surface area contributed by atoms with Gasteiger partial charge in [-0.3, -0.25) is 0 Å². The maximum atomic E-state index is 6.13. The molecule has 2 nitrogen and oxygen atoms in total. The molecule has 0 unspecified atom stereocenters. The molecule has 0 saturated carbocycles. The first-order valence-electron chi connectivity index (χ1n) is 6.89. The van der Waals surface area contributed by atoms with Crippen LogP contribution in [0.3, 0.4) is 0 Å². The highest BCUT2D eigenvalue weighted by atomic mass is 35.5. The summed E-state index contributed by atoms with van der Waals surface area (Å²) in [5.41, 5.74) is 1.09. The van der Waals surface area contributed by atoms with Gasteiger partial charge in [-0.05, 0) is 56.4 Å². The molecule has 0 radical (unpaired) electrons. The molecule has 2 bridgehead atoms. The molecule has 3 rings (SSSR count). The Kier molecular flexibility index (Phi) is 3.49. The Morgan fingerprint density at radius 3 is 2.61 bits per heavy atom. The number of aryl methyl sites for hydroxylation is 1. The fraction of sp³-hybridized carbons (Fsp3) is 0.600. The number of fused-ring (bicyclic) bond motifs is 2. The van der Waals surface area contributed by atoms with Gasteiger partial charge in [-0.1, -0.05) is 18.0 Å². The number of piperidine rings is 2. The fourth-order valence-corrected chi connectivity index (χ4v) is 3.31. The Morgan fingerprint density at radius 1 is 1.22 bits per heavy atom. The second kappa shape index (κ2) is 5.10. The summed E-state index contributed by atoms with van der Waals surface area (Å²) in [6, 6.07) is 7.27. The summed E-state index contributed by atoms with van der Waals surface area (Å²) in [5, 5.41) is 4.50. The minimum absolute atomic E-state index is 0.363. The lowest BCUT2D eigenvalue weighted by Gasteiger charge is -2.40. The summed E-state index contributed by atoms with van der Waals surface area (Å²) in [6.07, 6.45) is 6.61. The van der Waals surface area contributed by atoms with Crippen molar-refractivity contribution in [3.8, 4) is 5.75 Å². The number of rotatable bonds is 2. The molecule has 2 aliphatic heterocycles. The van der Waals surface area contributed by atoms with E-state index in [9.17, 15) is 0 Å². The van der Waals surface area contributed by atoms with Crippen molar-refractivity contribution in [3.63, 3.8) is 0 Å². The SMILES string of the molecule is Cc1cc(O[C@H]2C[C@H]3CCC[C@@H](C2)N3)ccc1Cl. The number of halogens is 1. The molecule has 0 aliphatic carbocycles. The zero-order valence-corrected chi connectivity index (χ0v) is 11.5. The summed E-state index contributed by atoms with van der Waals surface area (Å²) in [6.45, 7) is 2.02. The van der Waals surface area contributed by atoms with Gasteiger partial charge in [0.15, 0.2) is 0 Å². The van der Waals surface area contributed by atoms with Crippen LogP contribution >= 0.6 is 11.6 Å². The van der Waals surface area contributed by atoms with E-state index in [1.165, 1.54) is 19.3 Å². The first kappa shape index (κ1) is 12.3. The monoisotopic (exact) mass is 265 g/mol. The zero-order valence-electron chi connectivity index (χ0n) is 10.8. The average Bonchev–Trinajstić information content (AvgIpc) is 2.33. The van der Waals surface area contributed by atoms with Gasteiger partial charge in [-0.25, -0.2) is 0 Å². The van der Waals surface area contributed by atoms with Crippen LogP contribution in [0.25, 0.3) is 0 Å². The number of hydrogen-bond acceptors (Lipinski definition) is 2. The van der Waals surface area contributed by atoms with E-state index in [1.54, 1.807) is 0 Å². The van der Waals surface area contributed by atoms with Gasteiger partial charge in [0, 0.05) is 17.1 Å². The van der Waals surface area contributed by atoms with Gasteiger partial charge < -0.3 is 10.1 Å². The Morgan fingerprint density at radius 2 is 1.94 bits per heavy atom. The maximum Gasteiger partial charge on any atom is 0.120 e. The first-order valence-corrected chi connectivity index (χ1v) is 7.27. The largest absolute Gasteiger partial charge is 0.490 e.